The van der Waals surface area contributed by atoms with E-state index in [1.807, 2.05) is 0 Å². The van der Waals surface area contributed by atoms with Gasteiger partial charge in [0.25, 0.3) is 0 Å². The molecule has 0 bridgehead atoms. The first-order valence-corrected chi connectivity index (χ1v) is 8.81. The van der Waals surface area contributed by atoms with Crippen LogP contribution in [0.2, 0.25) is 0 Å². The molecule has 2 nitrogen and oxygen atoms in total. The van der Waals surface area contributed by atoms with Gasteiger partial charge < -0.3 is 0 Å². The monoisotopic (exact) mass is 284 g/mol. The summed E-state index contributed by atoms with van der Waals surface area (Å²) in [6.45, 7) is 18.0. The molecule has 0 radical (unpaired) electrons. The summed E-state index contributed by atoms with van der Waals surface area (Å²) in [5.41, 5.74) is 0.587. The molecule has 1 unspecified atom stereocenters. The van der Waals surface area contributed by atoms with Crippen LogP contribution >= 0.6 is 11.8 Å². The third kappa shape index (κ3) is 3.30. The highest BCUT2D eigenvalue weighted by Gasteiger charge is 2.48. The number of hydrogen-bond donors (Lipinski definition) is 0. The topological polar surface area (TPSA) is 6.48 Å². The highest BCUT2D eigenvalue weighted by molar-refractivity contribution is 8.00. The lowest BCUT2D eigenvalue weighted by Crippen LogP contribution is -2.65. The van der Waals surface area contributed by atoms with Gasteiger partial charge in [0.05, 0.1) is 4.87 Å². The first-order chi connectivity index (χ1) is 8.65. The minimum atomic E-state index is 0.286. The Morgan fingerprint density at radius 1 is 0.895 bits per heavy atom. The molecule has 2 rings (SSSR count). The normalized spacial score (nSPS) is 31.9. The van der Waals surface area contributed by atoms with Crippen LogP contribution in [-0.2, 0) is 0 Å². The van der Waals surface area contributed by atoms with Gasteiger partial charge in [0.2, 0.25) is 0 Å². The molecule has 0 amide bonds. The quantitative estimate of drug-likeness (QED) is 0.668. The number of likely N-dealkylation sites (tertiary alicyclic amines) is 1. The summed E-state index contributed by atoms with van der Waals surface area (Å²) in [4.78, 5) is 5.86. The van der Waals surface area contributed by atoms with E-state index in [9.17, 15) is 0 Å². The molecule has 3 heteroatoms. The van der Waals surface area contributed by atoms with Gasteiger partial charge in [-0.3, -0.25) is 9.80 Å². The fourth-order valence-electron chi connectivity index (χ4n) is 3.63. The summed E-state index contributed by atoms with van der Waals surface area (Å²) in [5.74, 6) is 1.34. The number of hydrogen-bond acceptors (Lipinski definition) is 3. The molecule has 2 fully saturated rings. The molecule has 0 saturated carbocycles. The lowest BCUT2D eigenvalue weighted by Gasteiger charge is -2.58. The lowest BCUT2D eigenvalue weighted by atomic mass is 9.92. The Labute approximate surface area is 124 Å². The van der Waals surface area contributed by atoms with Crippen molar-refractivity contribution in [3.05, 3.63) is 0 Å². The number of piperidine rings is 1. The Morgan fingerprint density at radius 2 is 1.58 bits per heavy atom. The van der Waals surface area contributed by atoms with Crippen LogP contribution in [-0.4, -0.2) is 51.1 Å². The van der Waals surface area contributed by atoms with E-state index in [2.05, 4.69) is 63.1 Å². The number of rotatable bonds is 0. The largest absolute Gasteiger partial charge is 0.296 e. The number of thioether (sulfide) groups is 1. The third-order valence-electron chi connectivity index (χ3n) is 4.58. The molecule has 1 spiro atoms. The highest BCUT2D eigenvalue weighted by atomic mass is 32.2. The third-order valence-corrected chi connectivity index (χ3v) is 6.16. The Hall–Kier alpha value is 0.270. The van der Waals surface area contributed by atoms with Crippen LogP contribution in [0.15, 0.2) is 0 Å². The van der Waals surface area contributed by atoms with E-state index in [1.165, 1.54) is 44.6 Å². The highest BCUT2D eigenvalue weighted by Crippen LogP contribution is 2.45. The fraction of sp³-hybridized carbons (Fsp3) is 1.00. The second-order valence-electron chi connectivity index (χ2n) is 8.17. The second kappa shape index (κ2) is 5.23. The summed E-state index contributed by atoms with van der Waals surface area (Å²) in [6, 6.07) is 0. The van der Waals surface area contributed by atoms with Crippen molar-refractivity contribution in [3.63, 3.8) is 0 Å². The van der Waals surface area contributed by atoms with Crippen LogP contribution < -0.4 is 0 Å². The average molecular weight is 285 g/mol. The molecule has 0 aliphatic carbocycles. The van der Waals surface area contributed by atoms with Crippen molar-refractivity contribution in [1.82, 2.24) is 9.80 Å². The van der Waals surface area contributed by atoms with Crippen molar-refractivity contribution in [2.24, 2.45) is 0 Å². The predicted molar refractivity (Wildman–Crippen MR) is 86.8 cm³/mol. The van der Waals surface area contributed by atoms with Gasteiger partial charge >= 0.3 is 0 Å². The zero-order valence-electron chi connectivity index (χ0n) is 13.8. The van der Waals surface area contributed by atoms with E-state index in [-0.39, 0.29) is 5.54 Å². The van der Waals surface area contributed by atoms with Crippen molar-refractivity contribution in [3.8, 4) is 0 Å². The standard InChI is InChI=1S/C16H32N2S/c1-14(2,3)17-10-7-9-16(13-17)18(15(4,5)6)11-8-12-19-16/h7-13H2,1-6H3. The summed E-state index contributed by atoms with van der Waals surface area (Å²) in [7, 11) is 0. The molecular formula is C16H32N2S. The van der Waals surface area contributed by atoms with Crippen LogP contribution in [0.1, 0.15) is 60.8 Å². The van der Waals surface area contributed by atoms with E-state index < -0.39 is 0 Å². The smallest absolute Gasteiger partial charge is 0.0803 e. The molecule has 0 aromatic carbocycles. The molecular weight excluding hydrogens is 252 g/mol. The Balaban J connectivity index is 2.23. The summed E-state index contributed by atoms with van der Waals surface area (Å²) >= 11 is 2.23. The van der Waals surface area contributed by atoms with Crippen molar-refractivity contribution in [2.45, 2.75) is 76.8 Å². The zero-order chi connectivity index (χ0) is 14.3. The van der Waals surface area contributed by atoms with Crippen molar-refractivity contribution in [1.29, 1.82) is 0 Å². The van der Waals surface area contributed by atoms with Crippen molar-refractivity contribution >= 4 is 11.8 Å². The van der Waals surface area contributed by atoms with Gasteiger partial charge in [-0.25, -0.2) is 0 Å². The molecule has 2 aliphatic rings. The van der Waals surface area contributed by atoms with Crippen LogP contribution in [0.3, 0.4) is 0 Å². The Morgan fingerprint density at radius 3 is 2.16 bits per heavy atom. The van der Waals surface area contributed by atoms with Gasteiger partial charge in [-0.15, -0.1) is 11.8 Å². The summed E-state index contributed by atoms with van der Waals surface area (Å²) < 4.78 is 0. The van der Waals surface area contributed by atoms with Crippen LogP contribution in [0.25, 0.3) is 0 Å². The molecule has 1 atom stereocenters. The van der Waals surface area contributed by atoms with E-state index in [0.717, 1.165) is 0 Å². The predicted octanol–water partition coefficient (Wildman–Crippen LogP) is 3.81. The van der Waals surface area contributed by atoms with Gasteiger partial charge in [-0.2, -0.15) is 0 Å². The van der Waals surface area contributed by atoms with Crippen LogP contribution in [0.4, 0.5) is 0 Å². The summed E-state index contributed by atoms with van der Waals surface area (Å²) in [5, 5.41) is 0. The molecule has 0 aromatic rings. The molecule has 0 aromatic heterocycles. The van der Waals surface area contributed by atoms with E-state index in [1.54, 1.807) is 0 Å². The molecule has 2 saturated heterocycles. The van der Waals surface area contributed by atoms with E-state index >= 15 is 0 Å². The van der Waals surface area contributed by atoms with Gasteiger partial charge in [0.15, 0.2) is 0 Å². The SMILES string of the molecule is CC(C)(C)N1CCCC2(C1)SCCCN2C(C)(C)C. The average Bonchev–Trinajstić information content (AvgIpc) is 2.27. The van der Waals surface area contributed by atoms with Crippen molar-refractivity contribution in [2.75, 3.05) is 25.4 Å². The fourth-order valence-corrected chi connectivity index (χ4v) is 5.34. The number of nitrogens with zero attached hydrogens (tertiary/aromatic N) is 2. The van der Waals surface area contributed by atoms with Gasteiger partial charge in [-0.05, 0) is 73.1 Å². The maximum absolute atomic E-state index is 2.80. The van der Waals surface area contributed by atoms with Crippen LogP contribution in [0.5, 0.6) is 0 Å². The van der Waals surface area contributed by atoms with Gasteiger partial charge in [0, 0.05) is 24.2 Å². The van der Waals surface area contributed by atoms with E-state index in [4.69, 9.17) is 0 Å². The Bertz CT molecular complexity index is 312. The minimum absolute atomic E-state index is 0.286. The zero-order valence-corrected chi connectivity index (χ0v) is 14.6. The van der Waals surface area contributed by atoms with Gasteiger partial charge in [-0.1, -0.05) is 0 Å². The van der Waals surface area contributed by atoms with Crippen molar-refractivity contribution < 1.29 is 0 Å². The molecule has 2 aliphatic heterocycles. The summed E-state index contributed by atoms with van der Waals surface area (Å²) in [6.07, 6.45) is 4.05. The first-order valence-electron chi connectivity index (χ1n) is 7.82. The molecule has 19 heavy (non-hydrogen) atoms. The Kier molecular flexibility index (Phi) is 4.31. The molecule has 2 heterocycles. The molecule has 0 N–H and O–H groups in total. The molecule has 112 valence electrons. The maximum atomic E-state index is 2.80. The lowest BCUT2D eigenvalue weighted by molar-refractivity contribution is -0.0177. The van der Waals surface area contributed by atoms with Crippen LogP contribution in [0, 0.1) is 0 Å². The maximum Gasteiger partial charge on any atom is 0.0803 e. The first kappa shape index (κ1) is 15.7. The van der Waals surface area contributed by atoms with E-state index in [0.29, 0.717) is 10.4 Å². The minimum Gasteiger partial charge on any atom is -0.296 e. The van der Waals surface area contributed by atoms with Gasteiger partial charge in [0.1, 0.15) is 0 Å². The second-order valence-corrected chi connectivity index (χ2v) is 9.62.